The van der Waals surface area contributed by atoms with Gasteiger partial charge in [-0.2, -0.15) is 4.39 Å². The van der Waals surface area contributed by atoms with Gasteiger partial charge in [0.25, 0.3) is 0 Å². The van der Waals surface area contributed by atoms with Gasteiger partial charge in [-0.15, -0.1) is 0 Å². The molecule has 0 radical (unpaired) electrons. The van der Waals surface area contributed by atoms with Crippen molar-refractivity contribution in [2.75, 3.05) is 0 Å². The highest BCUT2D eigenvalue weighted by Gasteiger charge is 2.17. The average molecular weight is 229 g/mol. The molecule has 1 N–H and O–H groups in total. The Morgan fingerprint density at radius 1 is 1.38 bits per heavy atom. The zero-order chi connectivity index (χ0) is 12.3. The summed E-state index contributed by atoms with van der Waals surface area (Å²) in [6.07, 6.45) is 1.41. The summed E-state index contributed by atoms with van der Waals surface area (Å²) in [4.78, 5) is 19.5. The van der Waals surface area contributed by atoms with Gasteiger partial charge in [0.1, 0.15) is 5.82 Å². The maximum absolute atomic E-state index is 13.0. The fraction of sp³-hybridized carbons (Fsp3) is 0. The molecular weight excluding hydrogens is 224 g/mol. The molecule has 0 bridgehead atoms. The fourth-order valence-electron chi connectivity index (χ4n) is 0.982. The number of carboxylic acid groups (broad SMARTS) is 1. The van der Waals surface area contributed by atoms with Crippen LogP contribution in [0.15, 0.2) is 18.2 Å². The lowest BCUT2D eigenvalue weighted by Crippen LogP contribution is -1.96. The Labute approximate surface area is 87.8 Å². The highest BCUT2D eigenvalue weighted by molar-refractivity contribution is 5.85. The zero-order valence-electron chi connectivity index (χ0n) is 7.68. The second kappa shape index (κ2) is 4.47. The average Bonchev–Trinajstić information content (AvgIpc) is 2.15. The SMILES string of the molecule is O=C(O)C=Cc1cc([N+](=O)[O-])c(F)cc1F. The van der Waals surface area contributed by atoms with Gasteiger partial charge in [0, 0.05) is 23.8 Å². The van der Waals surface area contributed by atoms with E-state index in [0.717, 1.165) is 6.08 Å². The molecule has 0 fully saturated rings. The van der Waals surface area contributed by atoms with Crippen LogP contribution in [0.4, 0.5) is 14.5 Å². The van der Waals surface area contributed by atoms with E-state index in [1.807, 2.05) is 0 Å². The Morgan fingerprint density at radius 2 is 2.00 bits per heavy atom. The van der Waals surface area contributed by atoms with Gasteiger partial charge >= 0.3 is 11.7 Å². The number of nitro groups is 1. The third-order valence-electron chi connectivity index (χ3n) is 1.67. The van der Waals surface area contributed by atoms with Crippen LogP contribution < -0.4 is 0 Å². The summed E-state index contributed by atoms with van der Waals surface area (Å²) in [5, 5.41) is 18.6. The molecule has 0 aliphatic rings. The number of halogens is 2. The van der Waals surface area contributed by atoms with Crippen LogP contribution in [0.25, 0.3) is 6.08 Å². The first-order valence-corrected chi connectivity index (χ1v) is 3.96. The van der Waals surface area contributed by atoms with Crippen LogP contribution in [0.3, 0.4) is 0 Å². The molecule has 1 rings (SSSR count). The number of hydrogen-bond acceptors (Lipinski definition) is 3. The Hall–Kier alpha value is -2.31. The number of carboxylic acids is 1. The predicted molar refractivity (Wildman–Crippen MR) is 49.7 cm³/mol. The molecule has 0 aromatic heterocycles. The van der Waals surface area contributed by atoms with Crippen molar-refractivity contribution < 1.29 is 23.6 Å². The van der Waals surface area contributed by atoms with E-state index in [1.54, 1.807) is 0 Å². The molecular formula is C9H5F2NO4. The van der Waals surface area contributed by atoms with E-state index in [2.05, 4.69) is 0 Å². The lowest BCUT2D eigenvalue weighted by Gasteiger charge is -1.98. The van der Waals surface area contributed by atoms with E-state index >= 15 is 0 Å². The fourth-order valence-corrected chi connectivity index (χ4v) is 0.982. The van der Waals surface area contributed by atoms with Crippen LogP contribution in [0.1, 0.15) is 5.56 Å². The number of nitro benzene ring substituents is 1. The van der Waals surface area contributed by atoms with E-state index in [4.69, 9.17) is 5.11 Å². The summed E-state index contributed by atoms with van der Waals surface area (Å²) < 4.78 is 25.9. The second-order valence-corrected chi connectivity index (χ2v) is 2.75. The number of nitrogens with zero attached hydrogens (tertiary/aromatic N) is 1. The molecule has 5 nitrogen and oxygen atoms in total. The van der Waals surface area contributed by atoms with Crippen LogP contribution in [-0.4, -0.2) is 16.0 Å². The number of rotatable bonds is 3. The summed E-state index contributed by atoms with van der Waals surface area (Å²) in [6.45, 7) is 0. The number of carbonyl (C=O) groups is 1. The maximum atomic E-state index is 13.0. The smallest absolute Gasteiger partial charge is 0.328 e. The molecule has 84 valence electrons. The maximum Gasteiger partial charge on any atom is 0.328 e. The first-order chi connectivity index (χ1) is 7.41. The van der Waals surface area contributed by atoms with Crippen LogP contribution in [-0.2, 0) is 4.79 Å². The van der Waals surface area contributed by atoms with Crippen molar-refractivity contribution in [2.45, 2.75) is 0 Å². The third kappa shape index (κ3) is 2.59. The van der Waals surface area contributed by atoms with Crippen LogP contribution >= 0.6 is 0 Å². The second-order valence-electron chi connectivity index (χ2n) is 2.75. The van der Waals surface area contributed by atoms with E-state index < -0.39 is 28.2 Å². The molecule has 1 aromatic carbocycles. The minimum atomic E-state index is -1.34. The summed E-state index contributed by atoms with van der Waals surface area (Å²) in [5.41, 5.74) is -1.28. The summed E-state index contributed by atoms with van der Waals surface area (Å²) >= 11 is 0. The molecule has 16 heavy (non-hydrogen) atoms. The molecule has 0 atom stereocenters. The largest absolute Gasteiger partial charge is 0.478 e. The van der Waals surface area contributed by atoms with Crippen molar-refractivity contribution in [3.63, 3.8) is 0 Å². The lowest BCUT2D eigenvalue weighted by atomic mass is 10.1. The van der Waals surface area contributed by atoms with Gasteiger partial charge in [-0.1, -0.05) is 0 Å². The molecule has 0 saturated carbocycles. The highest BCUT2D eigenvalue weighted by Crippen LogP contribution is 2.22. The third-order valence-corrected chi connectivity index (χ3v) is 1.67. The molecule has 7 heteroatoms. The number of hydrogen-bond donors (Lipinski definition) is 1. The monoisotopic (exact) mass is 229 g/mol. The van der Waals surface area contributed by atoms with Gasteiger partial charge < -0.3 is 5.11 Å². The van der Waals surface area contributed by atoms with Crippen molar-refractivity contribution in [3.8, 4) is 0 Å². The van der Waals surface area contributed by atoms with Crippen molar-refractivity contribution in [2.24, 2.45) is 0 Å². The van der Waals surface area contributed by atoms with E-state index in [9.17, 15) is 23.7 Å². The number of aliphatic carboxylic acids is 1. The van der Waals surface area contributed by atoms with Gasteiger partial charge in [0.05, 0.1) is 4.92 Å². The van der Waals surface area contributed by atoms with Gasteiger partial charge in [-0.05, 0) is 6.08 Å². The molecule has 1 aromatic rings. The lowest BCUT2D eigenvalue weighted by molar-refractivity contribution is -0.387. The predicted octanol–water partition coefficient (Wildman–Crippen LogP) is 1.97. The van der Waals surface area contributed by atoms with Crippen LogP contribution in [0, 0.1) is 21.7 Å². The molecule has 0 aliphatic carbocycles. The molecule has 0 spiro atoms. The summed E-state index contributed by atoms with van der Waals surface area (Å²) in [5.74, 6) is -3.72. The molecule has 0 amide bonds. The van der Waals surface area contributed by atoms with Gasteiger partial charge in [-0.25, -0.2) is 9.18 Å². The Bertz CT molecular complexity index is 485. The summed E-state index contributed by atoms with van der Waals surface area (Å²) in [7, 11) is 0. The molecule has 0 heterocycles. The quantitative estimate of drug-likeness (QED) is 0.488. The normalized spacial score (nSPS) is 10.6. The Balaban J connectivity index is 3.25. The zero-order valence-corrected chi connectivity index (χ0v) is 7.68. The first-order valence-electron chi connectivity index (χ1n) is 3.96. The van der Waals surface area contributed by atoms with Crippen LogP contribution in [0.2, 0.25) is 0 Å². The van der Waals surface area contributed by atoms with Crippen LogP contribution in [0.5, 0.6) is 0 Å². The van der Waals surface area contributed by atoms with Crippen molar-refractivity contribution in [1.82, 2.24) is 0 Å². The first kappa shape index (κ1) is 11.8. The Morgan fingerprint density at radius 3 is 2.50 bits per heavy atom. The van der Waals surface area contributed by atoms with Crippen molar-refractivity contribution >= 4 is 17.7 Å². The van der Waals surface area contributed by atoms with E-state index in [-0.39, 0.29) is 5.56 Å². The van der Waals surface area contributed by atoms with Crippen molar-refractivity contribution in [3.05, 3.63) is 45.5 Å². The minimum Gasteiger partial charge on any atom is -0.478 e. The highest BCUT2D eigenvalue weighted by atomic mass is 19.1. The van der Waals surface area contributed by atoms with E-state index in [0.29, 0.717) is 18.2 Å². The summed E-state index contributed by atoms with van der Waals surface area (Å²) in [6, 6.07) is 0.962. The molecule has 0 saturated heterocycles. The van der Waals surface area contributed by atoms with E-state index in [1.165, 1.54) is 0 Å². The molecule has 0 aliphatic heterocycles. The Kier molecular flexibility index (Phi) is 3.29. The minimum absolute atomic E-state index is 0.333. The van der Waals surface area contributed by atoms with Gasteiger partial charge in [0.2, 0.25) is 5.82 Å². The topological polar surface area (TPSA) is 80.4 Å². The standard InChI is InChI=1S/C9H5F2NO4/c10-6-4-7(11)8(12(15)16)3-5(6)1-2-9(13)14/h1-4H,(H,13,14). The van der Waals surface area contributed by atoms with Gasteiger partial charge in [-0.3, -0.25) is 10.1 Å². The molecule has 0 unspecified atom stereocenters. The number of benzene rings is 1. The van der Waals surface area contributed by atoms with Gasteiger partial charge in [0.15, 0.2) is 0 Å². The van der Waals surface area contributed by atoms with Crippen molar-refractivity contribution in [1.29, 1.82) is 0 Å².